The lowest BCUT2D eigenvalue weighted by Crippen LogP contribution is -2.51. The zero-order valence-electron chi connectivity index (χ0n) is 18.0. The minimum atomic E-state index is -0.731. The van der Waals surface area contributed by atoms with Crippen LogP contribution in [0.3, 0.4) is 0 Å². The Kier molecular flexibility index (Phi) is 6.82. The van der Waals surface area contributed by atoms with Crippen molar-refractivity contribution >= 4 is 17.6 Å². The molecule has 3 rings (SSSR count). The van der Waals surface area contributed by atoms with Gasteiger partial charge in [0.1, 0.15) is 11.9 Å². The second-order valence-corrected chi connectivity index (χ2v) is 8.27. The molecule has 4 N–H and O–H groups in total. The number of anilines is 1. The zero-order valence-corrected chi connectivity index (χ0v) is 18.0. The van der Waals surface area contributed by atoms with Gasteiger partial charge in [-0.2, -0.15) is 0 Å². The van der Waals surface area contributed by atoms with Crippen LogP contribution in [0.1, 0.15) is 35.5 Å². The van der Waals surface area contributed by atoms with E-state index in [0.717, 1.165) is 11.1 Å². The van der Waals surface area contributed by atoms with Gasteiger partial charge in [-0.05, 0) is 35.4 Å². The van der Waals surface area contributed by atoms with Crippen LogP contribution < -0.4 is 16.4 Å². The molecule has 0 spiro atoms. The van der Waals surface area contributed by atoms with E-state index in [4.69, 9.17) is 11.5 Å². The second kappa shape index (κ2) is 9.55. The van der Waals surface area contributed by atoms with Crippen LogP contribution in [0.2, 0.25) is 0 Å². The maximum atomic E-state index is 13.5. The predicted octanol–water partition coefficient (Wildman–Crippen LogP) is 2.60. The van der Waals surface area contributed by atoms with Crippen molar-refractivity contribution in [3.8, 4) is 0 Å². The average Bonchev–Trinajstić information content (AvgIpc) is 2.77. The molecule has 7 nitrogen and oxygen atoms in total. The molecule has 1 heterocycles. The molecule has 0 saturated heterocycles. The first-order valence-corrected chi connectivity index (χ1v) is 10.2. The fraction of sp³-hybridized carbons (Fsp3) is 0.250. The lowest BCUT2D eigenvalue weighted by Gasteiger charge is -2.37. The van der Waals surface area contributed by atoms with Crippen molar-refractivity contribution in [3.63, 3.8) is 0 Å². The Labute approximate surface area is 186 Å². The van der Waals surface area contributed by atoms with E-state index in [2.05, 4.69) is 10.2 Å². The maximum absolute atomic E-state index is 13.5. The van der Waals surface area contributed by atoms with Gasteiger partial charge in [-0.1, -0.05) is 56.3 Å². The number of rotatable bonds is 9. The van der Waals surface area contributed by atoms with Crippen LogP contribution in [0, 0.1) is 5.82 Å². The van der Waals surface area contributed by atoms with Crippen molar-refractivity contribution in [2.45, 2.75) is 31.7 Å². The van der Waals surface area contributed by atoms with Crippen LogP contribution >= 0.6 is 0 Å². The molecule has 0 aliphatic rings. The molecule has 0 aliphatic carbocycles. The van der Waals surface area contributed by atoms with Crippen molar-refractivity contribution < 1.29 is 14.0 Å². The van der Waals surface area contributed by atoms with Gasteiger partial charge in [-0.3, -0.25) is 9.59 Å². The summed E-state index contributed by atoms with van der Waals surface area (Å²) in [6.45, 7) is 4.31. The molecule has 0 fully saturated rings. The van der Waals surface area contributed by atoms with E-state index in [0.29, 0.717) is 18.8 Å². The fourth-order valence-electron chi connectivity index (χ4n) is 3.58. The fourth-order valence-corrected chi connectivity index (χ4v) is 3.58. The van der Waals surface area contributed by atoms with E-state index in [-0.39, 0.29) is 11.5 Å². The molecule has 32 heavy (non-hydrogen) atoms. The third-order valence-corrected chi connectivity index (χ3v) is 5.37. The zero-order chi connectivity index (χ0) is 23.3. The molecule has 0 radical (unpaired) electrons. The van der Waals surface area contributed by atoms with Gasteiger partial charge >= 0.3 is 0 Å². The van der Waals surface area contributed by atoms with Gasteiger partial charge in [0.25, 0.3) is 5.91 Å². The van der Waals surface area contributed by atoms with Crippen molar-refractivity contribution in [1.82, 2.24) is 10.2 Å². The van der Waals surface area contributed by atoms with Crippen molar-refractivity contribution in [2.75, 3.05) is 11.4 Å². The van der Waals surface area contributed by atoms with Crippen molar-refractivity contribution in [3.05, 3.63) is 89.4 Å². The van der Waals surface area contributed by atoms with E-state index in [1.165, 1.54) is 18.2 Å². The lowest BCUT2D eigenvalue weighted by atomic mass is 9.83. The molecule has 0 bridgehead atoms. The third-order valence-electron chi connectivity index (χ3n) is 5.37. The SMILES string of the molecule is CC(C)(CN(c1ccc(C(N)=O)nn1)[C@H](Cc1ccccc1)C(N)=O)c1ccc(F)cc1. The van der Waals surface area contributed by atoms with Gasteiger partial charge in [0.2, 0.25) is 5.91 Å². The molecule has 2 amide bonds. The summed E-state index contributed by atoms with van der Waals surface area (Å²) in [6.07, 6.45) is 0.356. The number of halogens is 1. The lowest BCUT2D eigenvalue weighted by molar-refractivity contribution is -0.119. The number of nitrogens with zero attached hydrogens (tertiary/aromatic N) is 3. The maximum Gasteiger partial charge on any atom is 0.269 e. The molecule has 166 valence electrons. The smallest absolute Gasteiger partial charge is 0.269 e. The molecule has 1 atom stereocenters. The highest BCUT2D eigenvalue weighted by Crippen LogP contribution is 2.28. The highest BCUT2D eigenvalue weighted by atomic mass is 19.1. The first kappa shape index (κ1) is 22.9. The van der Waals surface area contributed by atoms with Crippen LogP contribution in [0.5, 0.6) is 0 Å². The second-order valence-electron chi connectivity index (χ2n) is 8.27. The summed E-state index contributed by atoms with van der Waals surface area (Å²) in [4.78, 5) is 25.8. The Morgan fingerprint density at radius 3 is 2.16 bits per heavy atom. The van der Waals surface area contributed by atoms with Gasteiger partial charge < -0.3 is 16.4 Å². The number of carbonyl (C=O) groups excluding carboxylic acids is 2. The molecule has 1 aromatic heterocycles. The molecule has 0 saturated carbocycles. The molecule has 8 heteroatoms. The molecular weight excluding hydrogens is 409 g/mol. The predicted molar refractivity (Wildman–Crippen MR) is 120 cm³/mol. The number of aromatic nitrogens is 2. The summed E-state index contributed by atoms with van der Waals surface area (Å²) in [6, 6.07) is 18.1. The summed E-state index contributed by atoms with van der Waals surface area (Å²) in [5.74, 6) is -1.17. The first-order valence-electron chi connectivity index (χ1n) is 10.2. The Morgan fingerprint density at radius 2 is 1.62 bits per heavy atom. The molecule has 3 aromatic rings. The first-order chi connectivity index (χ1) is 15.2. The minimum Gasteiger partial charge on any atom is -0.368 e. The van der Waals surface area contributed by atoms with E-state index in [1.807, 2.05) is 44.2 Å². The number of amides is 2. The number of benzene rings is 2. The highest BCUT2D eigenvalue weighted by Gasteiger charge is 2.32. The normalized spacial score (nSPS) is 12.2. The van der Waals surface area contributed by atoms with Crippen LogP contribution in [-0.2, 0) is 16.6 Å². The quantitative estimate of drug-likeness (QED) is 0.536. The van der Waals surface area contributed by atoms with Gasteiger partial charge in [0.15, 0.2) is 11.5 Å². The van der Waals surface area contributed by atoms with Gasteiger partial charge in [0.05, 0.1) is 0 Å². The number of hydrogen-bond acceptors (Lipinski definition) is 5. The summed E-state index contributed by atoms with van der Waals surface area (Å²) < 4.78 is 13.5. The Hall–Kier alpha value is -3.81. The molecule has 2 aromatic carbocycles. The van der Waals surface area contributed by atoms with Crippen LogP contribution in [0.25, 0.3) is 0 Å². The largest absolute Gasteiger partial charge is 0.368 e. The summed E-state index contributed by atoms with van der Waals surface area (Å²) in [5, 5.41) is 8.04. The van der Waals surface area contributed by atoms with Crippen LogP contribution in [0.4, 0.5) is 10.2 Å². The Morgan fingerprint density at radius 1 is 0.969 bits per heavy atom. The summed E-state index contributed by atoms with van der Waals surface area (Å²) in [7, 11) is 0. The number of hydrogen-bond donors (Lipinski definition) is 2. The standard InChI is InChI=1S/C24H26FN5O2/c1-24(2,17-8-10-18(25)11-9-17)15-30(21-13-12-19(22(26)31)28-29-21)20(23(27)32)14-16-6-4-3-5-7-16/h3-13,20H,14-15H2,1-2H3,(H2,26,31)(H2,27,32)/t20-/m1/s1. The highest BCUT2D eigenvalue weighted by molar-refractivity contribution is 5.90. The number of primary amides is 2. The van der Waals surface area contributed by atoms with Gasteiger partial charge in [-0.25, -0.2) is 4.39 Å². The third kappa shape index (κ3) is 5.46. The monoisotopic (exact) mass is 435 g/mol. The van der Waals surface area contributed by atoms with E-state index in [9.17, 15) is 14.0 Å². The summed E-state index contributed by atoms with van der Waals surface area (Å²) >= 11 is 0. The topological polar surface area (TPSA) is 115 Å². The van der Waals surface area contributed by atoms with Gasteiger partial charge in [-0.15, -0.1) is 10.2 Å². The van der Waals surface area contributed by atoms with E-state index in [1.54, 1.807) is 23.1 Å². The van der Waals surface area contributed by atoms with E-state index < -0.39 is 23.3 Å². The number of carbonyl (C=O) groups is 2. The minimum absolute atomic E-state index is 0.0187. The average molecular weight is 436 g/mol. The number of nitrogens with two attached hydrogens (primary N) is 2. The molecule has 0 aliphatic heterocycles. The van der Waals surface area contributed by atoms with Crippen molar-refractivity contribution in [2.24, 2.45) is 11.5 Å². The summed E-state index contributed by atoms with van der Waals surface area (Å²) in [5.41, 5.74) is 12.4. The van der Waals surface area contributed by atoms with Crippen LogP contribution in [0.15, 0.2) is 66.7 Å². The Balaban J connectivity index is 2.01. The molecule has 0 unspecified atom stereocenters. The van der Waals surface area contributed by atoms with E-state index >= 15 is 0 Å². The Bertz CT molecular complexity index is 1070. The molecular formula is C24H26FN5O2. The van der Waals surface area contributed by atoms with Crippen LogP contribution in [-0.4, -0.2) is 34.6 Å². The van der Waals surface area contributed by atoms with Gasteiger partial charge in [0, 0.05) is 18.4 Å². The van der Waals surface area contributed by atoms with Crippen molar-refractivity contribution in [1.29, 1.82) is 0 Å².